The molecule has 2 amide bonds. The van der Waals surface area contributed by atoms with Gasteiger partial charge in [-0.2, -0.15) is 0 Å². The van der Waals surface area contributed by atoms with Crippen LogP contribution >= 0.6 is 11.3 Å². The highest BCUT2D eigenvalue weighted by Gasteiger charge is 2.23. The zero-order valence-electron chi connectivity index (χ0n) is 20.1. The first-order valence-corrected chi connectivity index (χ1v) is 12.3. The molecule has 0 aliphatic carbocycles. The Morgan fingerprint density at radius 3 is 2.68 bits per heavy atom. The molecule has 3 aromatic rings. The highest BCUT2D eigenvalue weighted by Crippen LogP contribution is 2.24. The van der Waals surface area contributed by atoms with Crippen molar-refractivity contribution >= 4 is 23.2 Å². The van der Waals surface area contributed by atoms with E-state index in [0.29, 0.717) is 36.6 Å². The van der Waals surface area contributed by atoms with E-state index in [-0.39, 0.29) is 23.8 Å². The van der Waals surface area contributed by atoms with E-state index in [9.17, 15) is 9.59 Å². The van der Waals surface area contributed by atoms with Crippen LogP contribution in [0.2, 0.25) is 0 Å². The molecule has 0 saturated heterocycles. The number of aromatic nitrogens is 2. The van der Waals surface area contributed by atoms with Gasteiger partial charge in [-0.3, -0.25) is 14.6 Å². The highest BCUT2D eigenvalue weighted by atomic mass is 32.1. The van der Waals surface area contributed by atoms with Gasteiger partial charge in [0.25, 0.3) is 5.91 Å². The molecule has 3 rings (SSSR count). The van der Waals surface area contributed by atoms with Crippen molar-refractivity contribution < 1.29 is 18.7 Å². The quantitative estimate of drug-likeness (QED) is 0.421. The van der Waals surface area contributed by atoms with E-state index < -0.39 is 6.04 Å². The van der Waals surface area contributed by atoms with Gasteiger partial charge in [0, 0.05) is 29.5 Å². The molecule has 1 aromatic carbocycles. The predicted octanol–water partition coefficient (Wildman–Crippen LogP) is 4.27. The summed E-state index contributed by atoms with van der Waals surface area (Å²) >= 11 is 1.55. The summed E-state index contributed by atoms with van der Waals surface area (Å²) in [5.41, 5.74) is 1.96. The van der Waals surface area contributed by atoms with Gasteiger partial charge in [0.2, 0.25) is 11.8 Å². The van der Waals surface area contributed by atoms with Gasteiger partial charge < -0.3 is 19.8 Å². The molecule has 2 N–H and O–H groups in total. The molecule has 182 valence electrons. The molecule has 2 aromatic heterocycles. The molecule has 0 bridgehead atoms. The number of para-hydroxylation sites is 1. The van der Waals surface area contributed by atoms with Crippen LogP contribution in [-0.4, -0.2) is 34.4 Å². The second kappa shape index (κ2) is 11.8. The van der Waals surface area contributed by atoms with Gasteiger partial charge >= 0.3 is 0 Å². The first-order valence-electron chi connectivity index (χ1n) is 11.4. The van der Waals surface area contributed by atoms with Crippen LogP contribution in [-0.2, 0) is 23.2 Å². The summed E-state index contributed by atoms with van der Waals surface area (Å²) in [7, 11) is 0. The van der Waals surface area contributed by atoms with Gasteiger partial charge in [-0.15, -0.1) is 11.3 Å². The van der Waals surface area contributed by atoms with Gasteiger partial charge in [0.15, 0.2) is 6.61 Å². The van der Waals surface area contributed by atoms with Crippen molar-refractivity contribution in [2.45, 2.75) is 65.0 Å². The Morgan fingerprint density at radius 1 is 1.21 bits per heavy atom. The first-order chi connectivity index (χ1) is 16.3. The molecular formula is C25H32N4O4S. The van der Waals surface area contributed by atoms with E-state index in [1.807, 2.05) is 27.7 Å². The van der Waals surface area contributed by atoms with Gasteiger partial charge in [0.1, 0.15) is 17.6 Å². The molecule has 34 heavy (non-hydrogen) atoms. The maximum Gasteiger partial charge on any atom is 0.255 e. The van der Waals surface area contributed by atoms with E-state index in [2.05, 4.69) is 20.6 Å². The fraction of sp³-hybridized carbons (Fsp3) is 0.440. The summed E-state index contributed by atoms with van der Waals surface area (Å²) in [4.78, 5) is 35.2. The summed E-state index contributed by atoms with van der Waals surface area (Å²) < 4.78 is 11.6. The minimum Gasteiger partial charge on any atom is -0.483 e. The van der Waals surface area contributed by atoms with Crippen molar-refractivity contribution in [1.29, 1.82) is 0 Å². The predicted molar refractivity (Wildman–Crippen MR) is 131 cm³/mol. The lowest BCUT2D eigenvalue weighted by molar-refractivity contribution is -0.123. The van der Waals surface area contributed by atoms with Crippen molar-refractivity contribution in [3.63, 3.8) is 0 Å². The maximum absolute atomic E-state index is 13.0. The minimum atomic E-state index is -0.631. The maximum atomic E-state index is 13.0. The number of amides is 2. The lowest BCUT2D eigenvalue weighted by atomic mass is 9.94. The number of hydrogen-bond acceptors (Lipinski definition) is 7. The van der Waals surface area contributed by atoms with Crippen LogP contribution in [0.4, 0.5) is 0 Å². The van der Waals surface area contributed by atoms with Gasteiger partial charge in [0.05, 0.1) is 17.3 Å². The number of carbonyl (C=O) groups excluding carboxylic acids is 2. The molecule has 1 atom stereocenters. The molecule has 0 aliphatic heterocycles. The lowest BCUT2D eigenvalue weighted by Crippen LogP contribution is -2.47. The van der Waals surface area contributed by atoms with Crippen LogP contribution in [0.25, 0.3) is 0 Å². The molecule has 0 radical (unpaired) electrons. The molecule has 0 saturated carbocycles. The topological polar surface area (TPSA) is 106 Å². The van der Waals surface area contributed by atoms with E-state index in [4.69, 9.17) is 9.15 Å². The van der Waals surface area contributed by atoms with Crippen LogP contribution in [0.5, 0.6) is 5.75 Å². The van der Waals surface area contributed by atoms with Crippen LogP contribution < -0.4 is 15.4 Å². The number of nitrogens with one attached hydrogen (secondary N) is 2. The van der Waals surface area contributed by atoms with Crippen LogP contribution in [0.1, 0.15) is 67.4 Å². The van der Waals surface area contributed by atoms with Crippen molar-refractivity contribution in [3.8, 4) is 5.75 Å². The summed E-state index contributed by atoms with van der Waals surface area (Å²) in [5, 5.41) is 5.77. The molecular weight excluding hydrogens is 452 g/mol. The Labute approximate surface area is 204 Å². The molecule has 0 aliphatic rings. The van der Waals surface area contributed by atoms with Gasteiger partial charge in [-0.25, -0.2) is 4.98 Å². The minimum absolute atomic E-state index is 0.0941. The number of ether oxygens (including phenoxy) is 1. The smallest absolute Gasteiger partial charge is 0.255 e. The van der Waals surface area contributed by atoms with E-state index in [0.717, 1.165) is 17.1 Å². The Morgan fingerprint density at radius 2 is 2.00 bits per heavy atom. The van der Waals surface area contributed by atoms with E-state index in [1.165, 1.54) is 0 Å². The average Bonchev–Trinajstić information content (AvgIpc) is 3.49. The van der Waals surface area contributed by atoms with Crippen LogP contribution in [0.15, 0.2) is 46.6 Å². The molecule has 0 spiro atoms. The van der Waals surface area contributed by atoms with Crippen molar-refractivity contribution in [1.82, 2.24) is 20.6 Å². The molecule has 8 nitrogen and oxygen atoms in total. The average molecular weight is 485 g/mol. The molecule has 2 heterocycles. The van der Waals surface area contributed by atoms with Crippen LogP contribution in [0, 0.1) is 0 Å². The SMILES string of the molecule is CCC[C@@H](NC(=O)c1ccccc1OCc1ncc(C(C)(C)C)o1)C(=O)NCCc1cncs1. The summed E-state index contributed by atoms with van der Waals surface area (Å²) in [6, 6.07) is 6.30. The van der Waals surface area contributed by atoms with Crippen molar-refractivity contribution in [2.24, 2.45) is 0 Å². The zero-order chi connectivity index (χ0) is 24.6. The Kier molecular flexibility index (Phi) is 8.81. The van der Waals surface area contributed by atoms with Crippen LogP contribution in [0.3, 0.4) is 0 Å². The zero-order valence-corrected chi connectivity index (χ0v) is 20.9. The Hall–Kier alpha value is -3.20. The summed E-state index contributed by atoms with van der Waals surface area (Å²) in [6.07, 6.45) is 5.48. The van der Waals surface area contributed by atoms with Gasteiger partial charge in [-0.05, 0) is 18.6 Å². The number of hydrogen-bond donors (Lipinski definition) is 2. The molecule has 0 unspecified atom stereocenters. The van der Waals surface area contributed by atoms with Crippen molar-refractivity contribution in [2.75, 3.05) is 6.54 Å². The second-order valence-corrected chi connectivity index (χ2v) is 9.95. The van der Waals surface area contributed by atoms with E-state index in [1.54, 1.807) is 53.5 Å². The molecule has 9 heteroatoms. The fourth-order valence-corrected chi connectivity index (χ4v) is 3.83. The largest absolute Gasteiger partial charge is 0.483 e. The third-order valence-electron chi connectivity index (χ3n) is 5.13. The Bertz CT molecular complexity index is 1070. The summed E-state index contributed by atoms with van der Waals surface area (Å²) in [6.45, 7) is 8.68. The van der Waals surface area contributed by atoms with Gasteiger partial charge in [-0.1, -0.05) is 46.2 Å². The third kappa shape index (κ3) is 7.15. The summed E-state index contributed by atoms with van der Waals surface area (Å²) in [5.74, 6) is 1.03. The second-order valence-electron chi connectivity index (χ2n) is 8.98. The number of thiazole rings is 1. The Balaban J connectivity index is 1.61. The first kappa shape index (κ1) is 25.4. The number of carbonyl (C=O) groups is 2. The lowest BCUT2D eigenvalue weighted by Gasteiger charge is -2.19. The standard InChI is InChI=1S/C25H32N4O4S/c1-5-8-19(24(31)27-12-11-17-13-26-16-34-17)29-23(30)18-9-6-7-10-20(18)32-15-22-28-14-21(33-22)25(2,3)4/h6-7,9-10,13-14,16,19H,5,8,11-12,15H2,1-4H3,(H,27,31)(H,29,30)/t19-/m1/s1. The highest BCUT2D eigenvalue weighted by molar-refractivity contribution is 7.09. The van der Waals surface area contributed by atoms with Crippen molar-refractivity contribution in [3.05, 3.63) is 64.3 Å². The third-order valence-corrected chi connectivity index (χ3v) is 5.97. The monoisotopic (exact) mass is 484 g/mol. The fourth-order valence-electron chi connectivity index (χ4n) is 3.23. The number of nitrogens with zero attached hydrogens (tertiary/aromatic N) is 2. The molecule has 0 fully saturated rings. The number of rotatable bonds is 11. The normalized spacial score (nSPS) is 12.2. The van der Waals surface area contributed by atoms with E-state index >= 15 is 0 Å². The number of oxazole rings is 1. The number of benzene rings is 1.